The average molecular weight is 326 g/mol. The van der Waals surface area contributed by atoms with Gasteiger partial charge in [0.15, 0.2) is 5.01 Å². The van der Waals surface area contributed by atoms with E-state index >= 15 is 0 Å². The predicted octanol–water partition coefficient (Wildman–Crippen LogP) is 4.19. The van der Waals surface area contributed by atoms with Gasteiger partial charge in [-0.15, -0.1) is 11.3 Å². The van der Waals surface area contributed by atoms with Crippen molar-refractivity contribution in [3.8, 4) is 10.4 Å². The Bertz CT molecular complexity index is 813. The molecule has 0 unspecified atom stereocenters. The van der Waals surface area contributed by atoms with Crippen LogP contribution in [-0.2, 0) is 6.54 Å². The molecule has 3 aromatic rings. The van der Waals surface area contributed by atoms with Gasteiger partial charge in [-0.2, -0.15) is 0 Å². The Morgan fingerprint density at radius 2 is 1.83 bits per heavy atom. The Morgan fingerprint density at radius 3 is 2.52 bits per heavy atom. The maximum atomic E-state index is 13.0. The zero-order chi connectivity index (χ0) is 16.2. The van der Waals surface area contributed by atoms with Crippen LogP contribution in [0.15, 0.2) is 54.6 Å². The van der Waals surface area contributed by atoms with E-state index < -0.39 is 0 Å². The normalized spacial score (nSPS) is 10.5. The molecule has 0 saturated heterocycles. The van der Waals surface area contributed by atoms with Gasteiger partial charge in [0.05, 0.1) is 10.6 Å². The largest absolute Gasteiger partial charge is 0.346 e. The van der Waals surface area contributed by atoms with Crippen LogP contribution in [-0.4, -0.2) is 10.9 Å². The number of nitrogens with one attached hydrogen (secondary N) is 1. The lowest BCUT2D eigenvalue weighted by molar-refractivity contribution is 0.0950. The van der Waals surface area contributed by atoms with E-state index in [2.05, 4.69) is 10.3 Å². The van der Waals surface area contributed by atoms with Crippen LogP contribution in [0.3, 0.4) is 0 Å². The molecule has 0 radical (unpaired) electrons. The van der Waals surface area contributed by atoms with E-state index in [-0.39, 0.29) is 11.7 Å². The van der Waals surface area contributed by atoms with Gasteiger partial charge in [0.2, 0.25) is 0 Å². The van der Waals surface area contributed by atoms with E-state index in [1.165, 1.54) is 23.5 Å². The van der Waals surface area contributed by atoms with Crippen molar-refractivity contribution in [1.29, 1.82) is 0 Å². The highest BCUT2D eigenvalue weighted by molar-refractivity contribution is 7.17. The van der Waals surface area contributed by atoms with Crippen molar-refractivity contribution in [2.24, 2.45) is 0 Å². The van der Waals surface area contributed by atoms with Crippen LogP contribution in [0.4, 0.5) is 4.39 Å². The monoisotopic (exact) mass is 326 g/mol. The van der Waals surface area contributed by atoms with Crippen LogP contribution in [0.25, 0.3) is 10.4 Å². The van der Waals surface area contributed by atoms with Crippen molar-refractivity contribution in [2.45, 2.75) is 13.5 Å². The topological polar surface area (TPSA) is 42.0 Å². The minimum absolute atomic E-state index is 0.199. The second kappa shape index (κ2) is 6.71. The first kappa shape index (κ1) is 15.4. The van der Waals surface area contributed by atoms with E-state index in [4.69, 9.17) is 0 Å². The van der Waals surface area contributed by atoms with E-state index in [1.807, 2.05) is 37.3 Å². The standard InChI is InChI=1S/C18H15FN2OS/c1-12-16(14-7-9-15(19)10-8-14)23-18(21-12)17(22)20-11-13-5-3-2-4-6-13/h2-10H,11H2,1H3,(H,20,22). The fourth-order valence-corrected chi connectivity index (χ4v) is 3.20. The molecule has 0 aliphatic carbocycles. The Balaban J connectivity index is 1.75. The molecule has 5 heteroatoms. The molecule has 0 bridgehead atoms. The van der Waals surface area contributed by atoms with Crippen LogP contribution in [0, 0.1) is 12.7 Å². The number of rotatable bonds is 4. The number of hydrogen-bond acceptors (Lipinski definition) is 3. The average Bonchev–Trinajstić information content (AvgIpc) is 2.96. The predicted molar refractivity (Wildman–Crippen MR) is 89.9 cm³/mol. The molecular weight excluding hydrogens is 311 g/mol. The zero-order valence-corrected chi connectivity index (χ0v) is 13.4. The number of aryl methyl sites for hydroxylation is 1. The zero-order valence-electron chi connectivity index (χ0n) is 12.5. The molecule has 1 aromatic heterocycles. The van der Waals surface area contributed by atoms with Gasteiger partial charge in [-0.25, -0.2) is 9.37 Å². The molecule has 23 heavy (non-hydrogen) atoms. The number of aromatic nitrogens is 1. The Kier molecular flexibility index (Phi) is 4.48. The van der Waals surface area contributed by atoms with Gasteiger partial charge in [0.1, 0.15) is 5.82 Å². The second-order valence-electron chi connectivity index (χ2n) is 5.11. The smallest absolute Gasteiger partial charge is 0.280 e. The van der Waals surface area contributed by atoms with Crippen molar-refractivity contribution < 1.29 is 9.18 Å². The minimum Gasteiger partial charge on any atom is -0.346 e. The third-order valence-corrected chi connectivity index (χ3v) is 4.60. The number of nitrogens with zero attached hydrogens (tertiary/aromatic N) is 1. The summed E-state index contributed by atoms with van der Waals surface area (Å²) in [7, 11) is 0. The Labute approximate surface area is 137 Å². The van der Waals surface area contributed by atoms with Crippen LogP contribution in [0.1, 0.15) is 21.1 Å². The highest BCUT2D eigenvalue weighted by Gasteiger charge is 2.15. The maximum absolute atomic E-state index is 13.0. The van der Waals surface area contributed by atoms with Crippen LogP contribution >= 0.6 is 11.3 Å². The van der Waals surface area contributed by atoms with E-state index in [9.17, 15) is 9.18 Å². The van der Waals surface area contributed by atoms with Crippen molar-refractivity contribution in [1.82, 2.24) is 10.3 Å². The summed E-state index contributed by atoms with van der Waals surface area (Å²) < 4.78 is 13.0. The highest BCUT2D eigenvalue weighted by Crippen LogP contribution is 2.30. The van der Waals surface area contributed by atoms with Gasteiger partial charge in [-0.1, -0.05) is 42.5 Å². The SMILES string of the molecule is Cc1nc(C(=O)NCc2ccccc2)sc1-c1ccc(F)cc1. The molecule has 1 amide bonds. The molecule has 0 fully saturated rings. The van der Waals surface area contributed by atoms with Gasteiger partial charge in [-0.05, 0) is 30.2 Å². The quantitative estimate of drug-likeness (QED) is 0.781. The summed E-state index contributed by atoms with van der Waals surface area (Å²) in [4.78, 5) is 17.5. The highest BCUT2D eigenvalue weighted by atomic mass is 32.1. The first-order chi connectivity index (χ1) is 11.1. The third kappa shape index (κ3) is 3.63. The number of halogens is 1. The molecule has 3 nitrogen and oxygen atoms in total. The summed E-state index contributed by atoms with van der Waals surface area (Å²) in [6, 6.07) is 15.9. The summed E-state index contributed by atoms with van der Waals surface area (Å²) in [6.07, 6.45) is 0. The Morgan fingerprint density at radius 1 is 1.13 bits per heavy atom. The molecule has 116 valence electrons. The maximum Gasteiger partial charge on any atom is 0.280 e. The van der Waals surface area contributed by atoms with Gasteiger partial charge < -0.3 is 5.32 Å². The summed E-state index contributed by atoms with van der Waals surface area (Å²) >= 11 is 1.32. The van der Waals surface area contributed by atoms with Gasteiger partial charge in [0, 0.05) is 6.54 Å². The van der Waals surface area contributed by atoms with Gasteiger partial charge in [-0.3, -0.25) is 4.79 Å². The summed E-state index contributed by atoms with van der Waals surface area (Å²) in [6.45, 7) is 2.31. The second-order valence-corrected chi connectivity index (χ2v) is 6.11. The third-order valence-electron chi connectivity index (χ3n) is 3.39. The van der Waals surface area contributed by atoms with E-state index in [0.717, 1.165) is 21.7 Å². The number of amides is 1. The number of benzene rings is 2. The molecular formula is C18H15FN2OS. The van der Waals surface area contributed by atoms with Crippen LogP contribution in [0.2, 0.25) is 0 Å². The van der Waals surface area contributed by atoms with Crippen LogP contribution < -0.4 is 5.32 Å². The molecule has 1 heterocycles. The number of carbonyl (C=O) groups is 1. The Hall–Kier alpha value is -2.53. The lowest BCUT2D eigenvalue weighted by Crippen LogP contribution is -2.22. The van der Waals surface area contributed by atoms with E-state index in [0.29, 0.717) is 11.6 Å². The molecule has 0 saturated carbocycles. The summed E-state index contributed by atoms with van der Waals surface area (Å²) in [5.41, 5.74) is 2.67. The molecule has 1 N–H and O–H groups in total. The van der Waals surface area contributed by atoms with Crippen molar-refractivity contribution in [3.05, 3.63) is 76.7 Å². The summed E-state index contributed by atoms with van der Waals surface area (Å²) in [5, 5.41) is 3.28. The van der Waals surface area contributed by atoms with Gasteiger partial charge in [0.25, 0.3) is 5.91 Å². The lowest BCUT2D eigenvalue weighted by Gasteiger charge is -2.02. The molecule has 0 aliphatic rings. The van der Waals surface area contributed by atoms with Gasteiger partial charge >= 0.3 is 0 Å². The van der Waals surface area contributed by atoms with Crippen LogP contribution in [0.5, 0.6) is 0 Å². The lowest BCUT2D eigenvalue weighted by atomic mass is 10.1. The van der Waals surface area contributed by atoms with Crippen molar-refractivity contribution in [2.75, 3.05) is 0 Å². The molecule has 0 spiro atoms. The fraction of sp³-hybridized carbons (Fsp3) is 0.111. The minimum atomic E-state index is -0.281. The van der Waals surface area contributed by atoms with Crippen molar-refractivity contribution in [3.63, 3.8) is 0 Å². The fourth-order valence-electron chi connectivity index (χ4n) is 2.22. The molecule has 2 aromatic carbocycles. The molecule has 3 rings (SSSR count). The van der Waals surface area contributed by atoms with Crippen molar-refractivity contribution >= 4 is 17.2 Å². The van der Waals surface area contributed by atoms with E-state index in [1.54, 1.807) is 12.1 Å². The number of thiazole rings is 1. The molecule has 0 aliphatic heterocycles. The number of carbonyl (C=O) groups excluding carboxylic acids is 1. The molecule has 0 atom stereocenters. The number of hydrogen-bond donors (Lipinski definition) is 1. The first-order valence-electron chi connectivity index (χ1n) is 7.19. The summed E-state index contributed by atoms with van der Waals surface area (Å²) in [5.74, 6) is -0.480. The first-order valence-corrected chi connectivity index (χ1v) is 8.00.